The molecule has 0 spiro atoms. The molecule has 0 amide bonds. The second-order valence-electron chi connectivity index (χ2n) is 6.50. The van der Waals surface area contributed by atoms with Gasteiger partial charge in [-0.25, -0.2) is 0 Å². The van der Waals surface area contributed by atoms with E-state index in [-0.39, 0.29) is 5.54 Å². The van der Waals surface area contributed by atoms with Gasteiger partial charge in [0.2, 0.25) is 0 Å². The average molecular weight is 296 g/mol. The largest absolute Gasteiger partial charge is 0.462 e. The minimum absolute atomic E-state index is 0.0969. The maximum absolute atomic E-state index is 5.87. The van der Waals surface area contributed by atoms with Crippen LogP contribution in [0.3, 0.4) is 0 Å². The van der Waals surface area contributed by atoms with Crippen molar-refractivity contribution in [2.24, 2.45) is 0 Å². The van der Waals surface area contributed by atoms with Crippen molar-refractivity contribution >= 4 is 0 Å². The van der Waals surface area contributed by atoms with Gasteiger partial charge in [0, 0.05) is 12.1 Å². The molecule has 0 radical (unpaired) electrons. The number of furan rings is 1. The van der Waals surface area contributed by atoms with Crippen LogP contribution in [0.1, 0.15) is 51.7 Å². The third-order valence-corrected chi connectivity index (χ3v) is 3.54. The Morgan fingerprint density at radius 1 is 1.24 bits per heavy atom. The molecular formula is C17H32N2O2. The quantitative estimate of drug-likeness (QED) is 0.709. The lowest BCUT2D eigenvalue weighted by Gasteiger charge is -2.19. The first kappa shape index (κ1) is 18.2. The van der Waals surface area contributed by atoms with Gasteiger partial charge in [-0.05, 0) is 52.4 Å². The number of hydrogen-bond donors (Lipinski definition) is 1. The van der Waals surface area contributed by atoms with E-state index in [0.29, 0.717) is 6.61 Å². The summed E-state index contributed by atoms with van der Waals surface area (Å²) in [5, 5.41) is 3.45. The normalized spacial score (nSPS) is 12.3. The Morgan fingerprint density at radius 2 is 1.90 bits per heavy atom. The van der Waals surface area contributed by atoms with Gasteiger partial charge in [-0.1, -0.05) is 13.8 Å². The van der Waals surface area contributed by atoms with Gasteiger partial charge in [-0.15, -0.1) is 0 Å². The Hall–Kier alpha value is -0.840. The zero-order chi connectivity index (χ0) is 15.9. The van der Waals surface area contributed by atoms with E-state index in [2.05, 4.69) is 57.8 Å². The number of aryl methyl sites for hydroxylation is 1. The molecule has 0 bridgehead atoms. The van der Waals surface area contributed by atoms with Gasteiger partial charge in [-0.2, -0.15) is 0 Å². The minimum Gasteiger partial charge on any atom is -0.462 e. The summed E-state index contributed by atoms with van der Waals surface area (Å²) in [7, 11) is 0. The van der Waals surface area contributed by atoms with E-state index in [4.69, 9.17) is 9.15 Å². The van der Waals surface area contributed by atoms with Crippen LogP contribution in [0.5, 0.6) is 0 Å². The molecular weight excluding hydrogens is 264 g/mol. The number of ether oxygens (including phenoxy) is 1. The molecule has 21 heavy (non-hydrogen) atoms. The Labute approximate surface area is 129 Å². The second-order valence-corrected chi connectivity index (χ2v) is 6.50. The van der Waals surface area contributed by atoms with Crippen LogP contribution in [-0.4, -0.2) is 36.7 Å². The van der Waals surface area contributed by atoms with Crippen molar-refractivity contribution < 1.29 is 9.15 Å². The number of likely N-dealkylation sites (N-methyl/N-ethyl adjacent to an activating group) is 1. The Bertz CT molecular complexity index is 403. The van der Waals surface area contributed by atoms with Crippen LogP contribution in [0.4, 0.5) is 0 Å². The lowest BCUT2D eigenvalue weighted by molar-refractivity contribution is 0.0835. The average Bonchev–Trinajstić information content (AvgIpc) is 2.76. The fourth-order valence-electron chi connectivity index (χ4n) is 2.09. The lowest BCUT2D eigenvalue weighted by atomic mass is 10.1. The van der Waals surface area contributed by atoms with E-state index in [9.17, 15) is 0 Å². The lowest BCUT2D eigenvalue weighted by Crippen LogP contribution is -2.35. The molecule has 0 aromatic carbocycles. The molecule has 4 nitrogen and oxygen atoms in total. The molecule has 0 aliphatic heterocycles. The minimum atomic E-state index is 0.0969. The van der Waals surface area contributed by atoms with E-state index >= 15 is 0 Å². The molecule has 4 heteroatoms. The summed E-state index contributed by atoms with van der Waals surface area (Å²) in [6.07, 6.45) is 0. The second kappa shape index (κ2) is 8.57. The van der Waals surface area contributed by atoms with Gasteiger partial charge < -0.3 is 19.4 Å². The van der Waals surface area contributed by atoms with E-state index in [1.807, 2.05) is 0 Å². The van der Waals surface area contributed by atoms with Crippen molar-refractivity contribution in [3.63, 3.8) is 0 Å². The van der Waals surface area contributed by atoms with Gasteiger partial charge >= 0.3 is 0 Å². The summed E-state index contributed by atoms with van der Waals surface area (Å²) >= 11 is 0. The van der Waals surface area contributed by atoms with Crippen LogP contribution in [0.25, 0.3) is 0 Å². The maximum Gasteiger partial charge on any atom is 0.130 e. The summed E-state index contributed by atoms with van der Waals surface area (Å²) in [5.74, 6) is 1.92. The van der Waals surface area contributed by atoms with Crippen molar-refractivity contribution in [2.45, 2.75) is 60.2 Å². The Balaban J connectivity index is 2.36. The molecule has 0 fully saturated rings. The topological polar surface area (TPSA) is 37.6 Å². The van der Waals surface area contributed by atoms with Gasteiger partial charge in [0.15, 0.2) is 0 Å². The molecule has 0 aliphatic carbocycles. The van der Waals surface area contributed by atoms with E-state index in [1.54, 1.807) is 0 Å². The highest BCUT2D eigenvalue weighted by molar-refractivity contribution is 5.19. The predicted molar refractivity (Wildman–Crippen MR) is 87.5 cm³/mol. The molecule has 1 rings (SSSR count). The third-order valence-electron chi connectivity index (χ3n) is 3.54. The van der Waals surface area contributed by atoms with Crippen molar-refractivity contribution in [3.05, 3.63) is 23.2 Å². The molecule has 0 atom stereocenters. The van der Waals surface area contributed by atoms with Crippen molar-refractivity contribution in [1.82, 2.24) is 10.2 Å². The van der Waals surface area contributed by atoms with Crippen LogP contribution < -0.4 is 5.32 Å². The number of nitrogens with zero attached hydrogens (tertiary/aromatic N) is 1. The Morgan fingerprint density at radius 3 is 2.48 bits per heavy atom. The summed E-state index contributed by atoms with van der Waals surface area (Å²) < 4.78 is 11.6. The predicted octanol–water partition coefficient (Wildman–Crippen LogP) is 3.33. The van der Waals surface area contributed by atoms with Crippen LogP contribution in [0.15, 0.2) is 10.5 Å². The first-order valence-electron chi connectivity index (χ1n) is 7.99. The Kier molecular flexibility index (Phi) is 7.43. The van der Waals surface area contributed by atoms with Gasteiger partial charge in [0.05, 0.1) is 13.2 Å². The first-order valence-corrected chi connectivity index (χ1v) is 7.99. The van der Waals surface area contributed by atoms with E-state index in [0.717, 1.165) is 44.3 Å². The van der Waals surface area contributed by atoms with Gasteiger partial charge in [0.1, 0.15) is 18.1 Å². The summed E-state index contributed by atoms with van der Waals surface area (Å²) in [5.41, 5.74) is 1.29. The third kappa shape index (κ3) is 7.11. The fraction of sp³-hybridized carbons (Fsp3) is 0.765. The zero-order valence-corrected chi connectivity index (χ0v) is 14.6. The first-order chi connectivity index (χ1) is 9.85. The van der Waals surface area contributed by atoms with Crippen LogP contribution in [0, 0.1) is 6.92 Å². The van der Waals surface area contributed by atoms with Crippen molar-refractivity contribution in [3.8, 4) is 0 Å². The number of hydrogen-bond acceptors (Lipinski definition) is 4. The van der Waals surface area contributed by atoms with Crippen molar-refractivity contribution in [2.75, 3.05) is 26.2 Å². The highest BCUT2D eigenvalue weighted by Gasteiger charge is 2.13. The molecule has 1 heterocycles. The highest BCUT2D eigenvalue weighted by Crippen LogP contribution is 2.16. The van der Waals surface area contributed by atoms with Crippen molar-refractivity contribution in [1.29, 1.82) is 0 Å². The summed E-state index contributed by atoms with van der Waals surface area (Å²) in [4.78, 5) is 2.35. The van der Waals surface area contributed by atoms with Gasteiger partial charge in [0.25, 0.3) is 0 Å². The molecule has 1 N–H and O–H groups in total. The smallest absolute Gasteiger partial charge is 0.130 e. The van der Waals surface area contributed by atoms with Crippen LogP contribution in [0.2, 0.25) is 0 Å². The molecule has 1 aromatic rings. The standard InChI is InChI=1S/C17H32N2O2/c1-7-19(8-2)9-10-20-13-15-11-14(3)16(21-15)12-18-17(4,5)6/h11,18H,7-10,12-13H2,1-6H3. The monoisotopic (exact) mass is 296 g/mol. The molecule has 0 aliphatic rings. The summed E-state index contributed by atoms with van der Waals surface area (Å²) in [6.45, 7) is 18.1. The van der Waals surface area contributed by atoms with Crippen LogP contribution >= 0.6 is 0 Å². The zero-order valence-electron chi connectivity index (χ0n) is 14.6. The molecule has 0 saturated carbocycles. The van der Waals surface area contributed by atoms with Gasteiger partial charge in [-0.3, -0.25) is 0 Å². The van der Waals surface area contributed by atoms with E-state index < -0.39 is 0 Å². The molecule has 0 unspecified atom stereocenters. The number of nitrogens with one attached hydrogen (secondary N) is 1. The molecule has 1 aromatic heterocycles. The fourth-order valence-corrected chi connectivity index (χ4v) is 2.09. The molecule has 0 saturated heterocycles. The molecule has 122 valence electrons. The summed E-state index contributed by atoms with van der Waals surface area (Å²) in [6, 6.07) is 2.08. The SMILES string of the molecule is CCN(CC)CCOCc1cc(C)c(CNC(C)(C)C)o1. The van der Waals surface area contributed by atoms with Crippen LogP contribution in [-0.2, 0) is 17.9 Å². The van der Waals surface area contributed by atoms with E-state index in [1.165, 1.54) is 5.56 Å². The highest BCUT2D eigenvalue weighted by atomic mass is 16.5. The maximum atomic E-state index is 5.87. The number of rotatable bonds is 9.